The lowest BCUT2D eigenvalue weighted by atomic mass is 10.0. The van der Waals surface area contributed by atoms with Gasteiger partial charge in [0, 0.05) is 31.6 Å². The lowest BCUT2D eigenvalue weighted by Crippen LogP contribution is -2.23. The highest BCUT2D eigenvalue weighted by Gasteiger charge is 2.30. The van der Waals surface area contributed by atoms with Crippen LogP contribution in [0.15, 0.2) is 41.3 Å². The predicted molar refractivity (Wildman–Crippen MR) is 107 cm³/mol. The van der Waals surface area contributed by atoms with Crippen LogP contribution >= 0.6 is 0 Å². The zero-order valence-corrected chi connectivity index (χ0v) is 15.9. The van der Waals surface area contributed by atoms with Gasteiger partial charge in [0.2, 0.25) is 5.95 Å². The topological polar surface area (TPSA) is 91.9 Å². The Morgan fingerprint density at radius 1 is 1.10 bits per heavy atom. The minimum atomic E-state index is -4.42. The Bertz CT molecular complexity index is 1080. The number of aromatic amines is 1. The van der Waals surface area contributed by atoms with Gasteiger partial charge in [0.1, 0.15) is 11.2 Å². The summed E-state index contributed by atoms with van der Waals surface area (Å²) >= 11 is 0. The third-order valence-corrected chi connectivity index (χ3v) is 4.98. The van der Waals surface area contributed by atoms with Gasteiger partial charge < -0.3 is 20.4 Å². The van der Waals surface area contributed by atoms with E-state index in [-0.39, 0.29) is 11.2 Å². The fraction of sp³-hybridized carbons (Fsp3) is 0.350. The van der Waals surface area contributed by atoms with Gasteiger partial charge in [-0.25, -0.2) is 4.98 Å². The van der Waals surface area contributed by atoms with Gasteiger partial charge in [-0.05, 0) is 49.1 Å². The number of rotatable bonds is 5. The number of hydrogen-bond acceptors (Lipinski definition) is 6. The second kappa shape index (κ2) is 8.31. The van der Waals surface area contributed by atoms with Crippen LogP contribution in [0.5, 0.6) is 0 Å². The minimum absolute atomic E-state index is 0.219. The van der Waals surface area contributed by atoms with Crippen LogP contribution in [0, 0.1) is 5.92 Å². The van der Waals surface area contributed by atoms with Gasteiger partial charge in [-0.3, -0.25) is 4.79 Å². The van der Waals surface area contributed by atoms with Crippen LogP contribution in [0.3, 0.4) is 0 Å². The minimum Gasteiger partial charge on any atom is -0.381 e. The Hall–Kier alpha value is -3.14. The molecule has 0 radical (unpaired) electrons. The van der Waals surface area contributed by atoms with Crippen molar-refractivity contribution in [3.63, 3.8) is 0 Å². The number of aromatic nitrogens is 3. The lowest BCUT2D eigenvalue weighted by molar-refractivity contribution is -0.137. The van der Waals surface area contributed by atoms with E-state index in [0.29, 0.717) is 29.6 Å². The van der Waals surface area contributed by atoms with Crippen LogP contribution in [0.4, 0.5) is 30.6 Å². The molecular weight excluding hydrogens is 399 g/mol. The summed E-state index contributed by atoms with van der Waals surface area (Å²) in [5.41, 5.74) is -0.338. The predicted octanol–water partition coefficient (Wildman–Crippen LogP) is 3.92. The summed E-state index contributed by atoms with van der Waals surface area (Å²) in [5.74, 6) is 0.994. The number of nitrogens with one attached hydrogen (secondary N) is 3. The fourth-order valence-electron chi connectivity index (χ4n) is 3.33. The van der Waals surface area contributed by atoms with E-state index in [1.807, 2.05) is 0 Å². The molecule has 2 aromatic heterocycles. The average Bonchev–Trinajstić information content (AvgIpc) is 2.73. The number of nitrogens with zero attached hydrogens (tertiary/aromatic N) is 2. The third kappa shape index (κ3) is 4.54. The standard InChI is InChI=1S/C20H20F3N5O2/c21-20(22,23)13-1-3-14(4-2-13)26-17-16-15(5-8-24-18(16)29)27-19(28-17)25-11-12-6-9-30-10-7-12/h1-5,8,12H,6-7,9-11H2,(H,24,29)(H2,25,26,27,28). The highest BCUT2D eigenvalue weighted by Crippen LogP contribution is 2.31. The van der Waals surface area contributed by atoms with Crippen molar-refractivity contribution in [2.75, 3.05) is 30.4 Å². The van der Waals surface area contributed by atoms with E-state index in [1.165, 1.54) is 18.3 Å². The number of anilines is 3. The smallest absolute Gasteiger partial charge is 0.381 e. The van der Waals surface area contributed by atoms with Crippen LogP contribution < -0.4 is 16.2 Å². The third-order valence-electron chi connectivity index (χ3n) is 4.98. The maximum Gasteiger partial charge on any atom is 0.416 e. The van der Waals surface area contributed by atoms with E-state index in [1.54, 1.807) is 6.07 Å². The van der Waals surface area contributed by atoms with E-state index >= 15 is 0 Å². The van der Waals surface area contributed by atoms with E-state index in [2.05, 4.69) is 25.6 Å². The van der Waals surface area contributed by atoms with E-state index in [9.17, 15) is 18.0 Å². The van der Waals surface area contributed by atoms with Gasteiger partial charge in [0.25, 0.3) is 5.56 Å². The van der Waals surface area contributed by atoms with Crippen molar-refractivity contribution in [2.45, 2.75) is 19.0 Å². The zero-order chi connectivity index (χ0) is 21.1. The maximum absolute atomic E-state index is 12.8. The molecule has 0 unspecified atom stereocenters. The van der Waals surface area contributed by atoms with Crippen LogP contribution in [0.25, 0.3) is 10.9 Å². The van der Waals surface area contributed by atoms with Gasteiger partial charge in [-0.2, -0.15) is 18.2 Å². The summed E-state index contributed by atoms with van der Waals surface area (Å²) < 4.78 is 43.7. The molecule has 3 aromatic rings. The van der Waals surface area contributed by atoms with Crippen molar-refractivity contribution in [3.05, 3.63) is 52.4 Å². The van der Waals surface area contributed by atoms with E-state index in [4.69, 9.17) is 4.74 Å². The molecule has 0 spiro atoms. The Morgan fingerprint density at radius 3 is 2.53 bits per heavy atom. The van der Waals surface area contributed by atoms with Crippen molar-refractivity contribution in [2.24, 2.45) is 5.92 Å². The molecule has 0 saturated carbocycles. The Labute approximate surface area is 169 Å². The summed E-state index contributed by atoms with van der Waals surface area (Å²) in [6.45, 7) is 2.11. The lowest BCUT2D eigenvalue weighted by Gasteiger charge is -2.22. The highest BCUT2D eigenvalue weighted by atomic mass is 19.4. The number of benzene rings is 1. The first-order valence-corrected chi connectivity index (χ1v) is 9.55. The number of hydrogen-bond donors (Lipinski definition) is 3. The van der Waals surface area contributed by atoms with Gasteiger partial charge >= 0.3 is 6.18 Å². The number of H-pyrrole nitrogens is 1. The number of ether oxygens (including phenoxy) is 1. The second-order valence-electron chi connectivity index (χ2n) is 7.10. The molecule has 3 heterocycles. The number of fused-ring (bicyclic) bond motifs is 1. The molecule has 0 bridgehead atoms. The van der Waals surface area contributed by atoms with Gasteiger partial charge in [0.15, 0.2) is 0 Å². The molecule has 1 aliphatic heterocycles. The van der Waals surface area contributed by atoms with Crippen LogP contribution in [0.2, 0.25) is 0 Å². The summed E-state index contributed by atoms with van der Waals surface area (Å²) in [4.78, 5) is 23.7. The molecule has 0 amide bonds. The first-order valence-electron chi connectivity index (χ1n) is 9.55. The van der Waals surface area contributed by atoms with Gasteiger partial charge in [-0.15, -0.1) is 0 Å². The molecular formula is C20H20F3N5O2. The van der Waals surface area contributed by atoms with Crippen molar-refractivity contribution < 1.29 is 17.9 Å². The maximum atomic E-state index is 12.8. The number of halogens is 3. The molecule has 0 aliphatic carbocycles. The molecule has 7 nitrogen and oxygen atoms in total. The van der Waals surface area contributed by atoms with E-state index < -0.39 is 17.3 Å². The van der Waals surface area contributed by atoms with Gasteiger partial charge in [-0.1, -0.05) is 0 Å². The first-order chi connectivity index (χ1) is 14.4. The Kier molecular flexibility index (Phi) is 5.58. The SMILES string of the molecule is O=c1[nH]ccc2nc(NCC3CCOCC3)nc(Nc3ccc(C(F)(F)F)cc3)c12. The largest absolute Gasteiger partial charge is 0.416 e. The van der Waals surface area contributed by atoms with Crippen LogP contribution in [-0.4, -0.2) is 34.7 Å². The molecule has 1 fully saturated rings. The summed E-state index contributed by atoms with van der Waals surface area (Å²) in [7, 11) is 0. The van der Waals surface area contributed by atoms with Crippen LogP contribution in [-0.2, 0) is 10.9 Å². The first kappa shape index (κ1) is 20.1. The molecule has 158 valence electrons. The normalized spacial score (nSPS) is 15.3. The van der Waals surface area contributed by atoms with Gasteiger partial charge in [0.05, 0.1) is 11.1 Å². The molecule has 10 heteroatoms. The van der Waals surface area contributed by atoms with Crippen molar-refractivity contribution in [1.82, 2.24) is 15.0 Å². The number of alkyl halides is 3. The highest BCUT2D eigenvalue weighted by molar-refractivity contribution is 5.90. The Balaban J connectivity index is 1.62. The van der Waals surface area contributed by atoms with Crippen molar-refractivity contribution in [3.8, 4) is 0 Å². The summed E-state index contributed by atoms with van der Waals surface area (Å²) in [6.07, 6.45) is -1.05. The van der Waals surface area contributed by atoms with Crippen molar-refractivity contribution in [1.29, 1.82) is 0 Å². The van der Waals surface area contributed by atoms with E-state index in [0.717, 1.165) is 38.2 Å². The Morgan fingerprint density at radius 2 is 1.83 bits per heavy atom. The van der Waals surface area contributed by atoms with Crippen LogP contribution in [0.1, 0.15) is 18.4 Å². The van der Waals surface area contributed by atoms with Crippen molar-refractivity contribution >= 4 is 28.4 Å². The molecule has 0 atom stereocenters. The molecule has 1 aliphatic rings. The monoisotopic (exact) mass is 419 g/mol. The summed E-state index contributed by atoms with van der Waals surface area (Å²) in [6, 6.07) is 6.18. The average molecular weight is 419 g/mol. The molecule has 1 saturated heterocycles. The second-order valence-corrected chi connectivity index (χ2v) is 7.10. The molecule has 4 rings (SSSR count). The number of pyridine rings is 1. The summed E-state index contributed by atoms with van der Waals surface area (Å²) in [5, 5.41) is 6.38. The quantitative estimate of drug-likeness (QED) is 0.581. The zero-order valence-electron chi connectivity index (χ0n) is 15.9. The molecule has 1 aromatic carbocycles. The fourth-order valence-corrected chi connectivity index (χ4v) is 3.33. The molecule has 3 N–H and O–H groups in total. The molecule has 30 heavy (non-hydrogen) atoms.